The Labute approximate surface area is 322 Å². The third-order valence-corrected chi connectivity index (χ3v) is 9.60. The van der Waals surface area contributed by atoms with Gasteiger partial charge in [-0.1, -0.05) is 152 Å². The molecule has 7 unspecified atom stereocenters. The van der Waals surface area contributed by atoms with Gasteiger partial charge in [0.15, 0.2) is 6.29 Å². The summed E-state index contributed by atoms with van der Waals surface area (Å²) >= 11 is 0. The second kappa shape index (κ2) is 34.4. The maximum Gasteiger partial charge on any atom is 0.220 e. The van der Waals surface area contributed by atoms with Crippen LogP contribution in [0, 0.1) is 0 Å². The van der Waals surface area contributed by atoms with Gasteiger partial charge in [-0.3, -0.25) is 4.79 Å². The van der Waals surface area contributed by atoms with Crippen molar-refractivity contribution in [2.45, 2.75) is 198 Å². The Morgan fingerprint density at radius 2 is 1.17 bits per heavy atom. The number of hydrogen-bond donors (Lipinski definition) is 6. The first-order chi connectivity index (χ1) is 25.8. The topological polar surface area (TPSA) is 149 Å². The van der Waals surface area contributed by atoms with Crippen molar-refractivity contribution in [1.29, 1.82) is 0 Å². The number of allylic oxidation sites excluding steroid dienone is 9. The van der Waals surface area contributed by atoms with Crippen molar-refractivity contribution in [3.63, 3.8) is 0 Å². The first-order valence-corrected chi connectivity index (χ1v) is 21.0. The van der Waals surface area contributed by atoms with Gasteiger partial charge in [0.05, 0.1) is 25.4 Å². The second-order valence-electron chi connectivity index (χ2n) is 14.4. The van der Waals surface area contributed by atoms with Crippen LogP contribution in [0.4, 0.5) is 0 Å². The zero-order valence-electron chi connectivity index (χ0n) is 33.2. The Morgan fingerprint density at radius 1 is 0.660 bits per heavy atom. The van der Waals surface area contributed by atoms with E-state index in [1.54, 1.807) is 6.08 Å². The number of ether oxygens (including phenoxy) is 2. The summed E-state index contributed by atoms with van der Waals surface area (Å²) in [6.07, 6.45) is 36.9. The van der Waals surface area contributed by atoms with Crippen LogP contribution in [0.15, 0.2) is 60.8 Å². The Hall–Kier alpha value is -2.11. The molecule has 53 heavy (non-hydrogen) atoms. The van der Waals surface area contributed by atoms with Gasteiger partial charge in [0, 0.05) is 6.42 Å². The maximum absolute atomic E-state index is 12.9. The van der Waals surface area contributed by atoms with Crippen LogP contribution in [0.1, 0.15) is 155 Å². The molecule has 1 rings (SSSR count). The van der Waals surface area contributed by atoms with Crippen molar-refractivity contribution in [3.8, 4) is 0 Å². The largest absolute Gasteiger partial charge is 0.394 e. The van der Waals surface area contributed by atoms with Gasteiger partial charge in [-0.25, -0.2) is 0 Å². The molecule has 0 saturated carbocycles. The van der Waals surface area contributed by atoms with Gasteiger partial charge >= 0.3 is 0 Å². The highest BCUT2D eigenvalue weighted by Crippen LogP contribution is 2.22. The molecule has 1 heterocycles. The average Bonchev–Trinajstić information content (AvgIpc) is 3.16. The van der Waals surface area contributed by atoms with Crippen molar-refractivity contribution in [2.75, 3.05) is 13.2 Å². The van der Waals surface area contributed by atoms with Crippen LogP contribution < -0.4 is 5.32 Å². The summed E-state index contributed by atoms with van der Waals surface area (Å²) in [5.74, 6) is -0.196. The molecular formula is C44H77NO8. The summed E-state index contributed by atoms with van der Waals surface area (Å²) in [5, 5.41) is 54.0. The summed E-state index contributed by atoms with van der Waals surface area (Å²) in [5.41, 5.74) is 0. The second-order valence-corrected chi connectivity index (χ2v) is 14.4. The Bertz CT molecular complexity index is 1010. The molecule has 0 spiro atoms. The molecule has 306 valence electrons. The van der Waals surface area contributed by atoms with Crippen molar-refractivity contribution in [2.24, 2.45) is 0 Å². The lowest BCUT2D eigenvalue weighted by molar-refractivity contribution is -0.302. The zero-order chi connectivity index (χ0) is 38.8. The molecule has 0 aromatic carbocycles. The molecule has 1 saturated heterocycles. The van der Waals surface area contributed by atoms with E-state index in [1.165, 1.54) is 51.4 Å². The molecule has 1 fully saturated rings. The van der Waals surface area contributed by atoms with E-state index in [-0.39, 0.29) is 12.5 Å². The highest BCUT2D eigenvalue weighted by Gasteiger charge is 2.44. The minimum Gasteiger partial charge on any atom is -0.394 e. The Kier molecular flexibility index (Phi) is 31.7. The standard InChI is InChI=1S/C44H77NO8/c1-3-5-7-9-11-13-15-16-17-18-19-20-21-22-24-26-28-30-32-34-40(48)45-37(36-52-44-43(51)42(50)41(49)39(35-46)53-44)38(47)33-31-29-27-25-23-14-12-10-8-6-4-2/h5,7,11,13,16-17,19-20,31,33,37-39,41-44,46-47,49-51H,3-4,6,8-10,12,14-15,18,21-30,32,34-36H2,1-2H3,(H,45,48)/b7-5-,13-11-,17-16-,20-19-,33-31+. The first kappa shape index (κ1) is 48.9. The van der Waals surface area contributed by atoms with Crippen molar-refractivity contribution < 1.29 is 39.8 Å². The first-order valence-electron chi connectivity index (χ1n) is 21.0. The Balaban J connectivity index is 2.39. The van der Waals surface area contributed by atoms with Crippen LogP contribution in [0.3, 0.4) is 0 Å². The number of rotatable bonds is 33. The Morgan fingerprint density at radius 3 is 1.74 bits per heavy atom. The van der Waals surface area contributed by atoms with Gasteiger partial charge in [0.1, 0.15) is 24.4 Å². The van der Waals surface area contributed by atoms with Gasteiger partial charge in [0.25, 0.3) is 0 Å². The molecular weight excluding hydrogens is 670 g/mol. The summed E-state index contributed by atoms with van der Waals surface area (Å²) < 4.78 is 11.2. The SMILES string of the molecule is CC/C=C\C/C=C\C/C=C\C/C=C\CCCCCCCCC(=O)NC(COC1OC(CO)C(O)C(O)C1O)C(O)/C=C/CCCCCCCCCCC. The predicted octanol–water partition coefficient (Wildman–Crippen LogP) is 8.05. The molecule has 0 bridgehead atoms. The number of aliphatic hydroxyl groups is 5. The number of hydrogen-bond acceptors (Lipinski definition) is 8. The molecule has 0 aromatic rings. The van der Waals surface area contributed by atoms with E-state index < -0.39 is 49.5 Å². The van der Waals surface area contributed by atoms with Crippen LogP contribution in [0.5, 0.6) is 0 Å². The molecule has 1 aliphatic heterocycles. The van der Waals surface area contributed by atoms with Gasteiger partial charge in [-0.15, -0.1) is 0 Å². The maximum atomic E-state index is 12.9. The normalized spacial score (nSPS) is 22.3. The fraction of sp³-hybridized carbons (Fsp3) is 0.750. The fourth-order valence-corrected chi connectivity index (χ4v) is 6.20. The average molecular weight is 748 g/mol. The van der Waals surface area contributed by atoms with Crippen molar-refractivity contribution in [1.82, 2.24) is 5.32 Å². The van der Waals surface area contributed by atoms with E-state index in [2.05, 4.69) is 67.8 Å². The van der Waals surface area contributed by atoms with Crippen LogP contribution in [0.25, 0.3) is 0 Å². The molecule has 9 heteroatoms. The summed E-state index contributed by atoms with van der Waals surface area (Å²) in [6.45, 7) is 3.61. The third kappa shape index (κ3) is 25.6. The lowest BCUT2D eigenvalue weighted by Gasteiger charge is -2.40. The van der Waals surface area contributed by atoms with Crippen LogP contribution in [-0.4, -0.2) is 87.5 Å². The van der Waals surface area contributed by atoms with E-state index in [4.69, 9.17) is 9.47 Å². The van der Waals surface area contributed by atoms with Gasteiger partial charge in [0.2, 0.25) is 5.91 Å². The number of unbranched alkanes of at least 4 members (excludes halogenated alkanes) is 15. The highest BCUT2D eigenvalue weighted by atomic mass is 16.7. The monoisotopic (exact) mass is 748 g/mol. The van der Waals surface area contributed by atoms with Crippen molar-refractivity contribution >= 4 is 5.91 Å². The van der Waals surface area contributed by atoms with Crippen LogP contribution in [0.2, 0.25) is 0 Å². The summed E-state index contributed by atoms with van der Waals surface area (Å²) in [4.78, 5) is 12.9. The summed E-state index contributed by atoms with van der Waals surface area (Å²) in [7, 11) is 0. The molecule has 0 radical (unpaired) electrons. The minimum atomic E-state index is -1.57. The predicted molar refractivity (Wildman–Crippen MR) is 216 cm³/mol. The quantitative estimate of drug-likeness (QED) is 0.0292. The molecule has 7 atom stereocenters. The molecule has 0 aliphatic carbocycles. The molecule has 1 amide bonds. The van der Waals surface area contributed by atoms with Crippen LogP contribution >= 0.6 is 0 Å². The molecule has 9 nitrogen and oxygen atoms in total. The summed E-state index contributed by atoms with van der Waals surface area (Å²) in [6, 6.07) is -0.812. The molecule has 1 aliphatic rings. The fourth-order valence-electron chi connectivity index (χ4n) is 6.20. The number of carbonyl (C=O) groups excluding carboxylic acids is 1. The number of nitrogens with one attached hydrogen (secondary N) is 1. The van der Waals surface area contributed by atoms with E-state index in [0.29, 0.717) is 6.42 Å². The third-order valence-electron chi connectivity index (χ3n) is 9.60. The van der Waals surface area contributed by atoms with Crippen molar-refractivity contribution in [3.05, 3.63) is 60.8 Å². The van der Waals surface area contributed by atoms with E-state index in [0.717, 1.165) is 83.5 Å². The minimum absolute atomic E-state index is 0.196. The highest BCUT2D eigenvalue weighted by molar-refractivity contribution is 5.76. The molecule has 6 N–H and O–H groups in total. The van der Waals surface area contributed by atoms with E-state index >= 15 is 0 Å². The van der Waals surface area contributed by atoms with Crippen LogP contribution in [-0.2, 0) is 14.3 Å². The van der Waals surface area contributed by atoms with E-state index in [9.17, 15) is 30.3 Å². The number of amides is 1. The number of carbonyl (C=O) groups is 1. The zero-order valence-corrected chi connectivity index (χ0v) is 33.2. The van der Waals surface area contributed by atoms with Gasteiger partial charge < -0.3 is 40.3 Å². The lowest BCUT2D eigenvalue weighted by Crippen LogP contribution is -2.60. The number of aliphatic hydroxyl groups excluding tert-OH is 5. The molecule has 0 aromatic heterocycles. The van der Waals surface area contributed by atoms with Gasteiger partial charge in [-0.2, -0.15) is 0 Å². The smallest absolute Gasteiger partial charge is 0.220 e. The van der Waals surface area contributed by atoms with E-state index in [1.807, 2.05) is 6.08 Å². The lowest BCUT2D eigenvalue weighted by atomic mass is 9.99. The van der Waals surface area contributed by atoms with Gasteiger partial charge in [-0.05, 0) is 57.8 Å².